The Hall–Kier alpha value is -2.15. The molecule has 1 aliphatic heterocycles. The van der Waals surface area contributed by atoms with Crippen molar-refractivity contribution in [3.63, 3.8) is 0 Å². The number of aromatic nitrogens is 2. The lowest BCUT2D eigenvalue weighted by Gasteiger charge is -2.16. The van der Waals surface area contributed by atoms with Crippen molar-refractivity contribution < 1.29 is 8.42 Å². The first kappa shape index (κ1) is 14.8. The Kier molecular flexibility index (Phi) is 3.98. The Morgan fingerprint density at radius 2 is 1.95 bits per heavy atom. The molecule has 1 fully saturated rings. The summed E-state index contributed by atoms with van der Waals surface area (Å²) in [5, 5.41) is 0. The molecule has 0 bridgehead atoms. The molecule has 6 nitrogen and oxygen atoms in total. The third kappa shape index (κ3) is 3.19. The monoisotopic (exact) mass is 318 g/mol. The number of hydrogen-bond donors (Lipinski definition) is 1. The Bertz CT molecular complexity index is 771. The molecule has 2 heterocycles. The van der Waals surface area contributed by atoms with Crippen molar-refractivity contribution >= 4 is 21.7 Å². The molecule has 3 rings (SSSR count). The van der Waals surface area contributed by atoms with Crippen LogP contribution in [-0.4, -0.2) is 31.5 Å². The Labute approximate surface area is 130 Å². The number of sulfonamides is 1. The van der Waals surface area contributed by atoms with Gasteiger partial charge in [-0.25, -0.2) is 13.4 Å². The average Bonchev–Trinajstić information content (AvgIpc) is 3.01. The van der Waals surface area contributed by atoms with Gasteiger partial charge in [-0.15, -0.1) is 0 Å². The molecule has 0 aliphatic carbocycles. The summed E-state index contributed by atoms with van der Waals surface area (Å²) in [7, 11) is -3.65. The molecular weight excluding hydrogens is 300 g/mol. The summed E-state index contributed by atoms with van der Waals surface area (Å²) in [5.74, 6) is 0.952. The summed E-state index contributed by atoms with van der Waals surface area (Å²) in [4.78, 5) is 10.8. The van der Waals surface area contributed by atoms with Crippen LogP contribution >= 0.6 is 0 Å². The van der Waals surface area contributed by atoms with Gasteiger partial charge in [0.25, 0.3) is 10.0 Å². The molecular formula is C15H18N4O2S. The molecule has 1 saturated heterocycles. The van der Waals surface area contributed by atoms with Crippen molar-refractivity contribution in [2.75, 3.05) is 22.7 Å². The van der Waals surface area contributed by atoms with Gasteiger partial charge in [0.05, 0.1) is 17.3 Å². The van der Waals surface area contributed by atoms with Gasteiger partial charge in [0, 0.05) is 13.1 Å². The highest BCUT2D eigenvalue weighted by molar-refractivity contribution is 7.92. The van der Waals surface area contributed by atoms with Crippen molar-refractivity contribution in [2.45, 2.75) is 24.7 Å². The minimum atomic E-state index is -3.65. The zero-order valence-corrected chi connectivity index (χ0v) is 13.2. The lowest BCUT2D eigenvalue weighted by Crippen LogP contribution is -2.20. The molecule has 0 unspecified atom stereocenters. The highest BCUT2D eigenvalue weighted by atomic mass is 32.2. The summed E-state index contributed by atoms with van der Waals surface area (Å²) in [6.07, 6.45) is 5.34. The number of nitrogens with zero attached hydrogens (tertiary/aromatic N) is 3. The van der Waals surface area contributed by atoms with E-state index in [1.807, 2.05) is 13.0 Å². The number of benzene rings is 1. The predicted octanol–water partition coefficient (Wildman–Crippen LogP) is 2.19. The molecule has 7 heteroatoms. The van der Waals surface area contributed by atoms with E-state index in [9.17, 15) is 8.42 Å². The summed E-state index contributed by atoms with van der Waals surface area (Å²) >= 11 is 0. The maximum absolute atomic E-state index is 12.4. The van der Waals surface area contributed by atoms with E-state index in [0.717, 1.165) is 31.5 Å². The average molecular weight is 318 g/mol. The number of hydrogen-bond acceptors (Lipinski definition) is 5. The van der Waals surface area contributed by atoms with Crippen LogP contribution in [0.5, 0.6) is 0 Å². The van der Waals surface area contributed by atoms with E-state index in [2.05, 4.69) is 19.6 Å². The maximum atomic E-state index is 12.4. The van der Waals surface area contributed by atoms with E-state index in [0.29, 0.717) is 5.82 Å². The van der Waals surface area contributed by atoms with Crippen LogP contribution in [-0.2, 0) is 10.0 Å². The van der Waals surface area contributed by atoms with Gasteiger partial charge in [-0.05, 0) is 37.5 Å². The summed E-state index contributed by atoms with van der Waals surface area (Å²) in [6.45, 7) is 3.72. The van der Waals surface area contributed by atoms with Crippen LogP contribution in [0.4, 0.5) is 11.6 Å². The first-order valence-corrected chi connectivity index (χ1v) is 8.69. The summed E-state index contributed by atoms with van der Waals surface area (Å²) in [6, 6.07) is 6.76. The normalized spacial score (nSPS) is 15.0. The third-order valence-corrected chi connectivity index (χ3v) is 4.94. The lowest BCUT2D eigenvalue weighted by atomic mass is 10.2. The molecule has 0 amide bonds. The number of aryl methyl sites for hydroxylation is 1. The molecule has 2 aromatic rings. The van der Waals surface area contributed by atoms with E-state index in [1.54, 1.807) is 24.4 Å². The fourth-order valence-electron chi connectivity index (χ4n) is 2.48. The second-order valence-electron chi connectivity index (χ2n) is 5.38. The van der Waals surface area contributed by atoms with Crippen LogP contribution in [0.15, 0.2) is 41.6 Å². The zero-order chi connectivity index (χ0) is 15.6. The number of rotatable bonds is 4. The predicted molar refractivity (Wildman–Crippen MR) is 85.5 cm³/mol. The summed E-state index contributed by atoms with van der Waals surface area (Å²) < 4.78 is 27.3. The largest absolute Gasteiger partial charge is 0.355 e. The Balaban J connectivity index is 1.84. The van der Waals surface area contributed by atoms with Crippen LogP contribution in [0.1, 0.15) is 18.4 Å². The van der Waals surface area contributed by atoms with Crippen LogP contribution < -0.4 is 9.62 Å². The van der Waals surface area contributed by atoms with Crippen molar-refractivity contribution in [3.8, 4) is 0 Å². The van der Waals surface area contributed by atoms with E-state index in [4.69, 9.17) is 0 Å². The van der Waals surface area contributed by atoms with Gasteiger partial charge in [-0.1, -0.05) is 12.1 Å². The fraction of sp³-hybridized carbons (Fsp3) is 0.333. The lowest BCUT2D eigenvalue weighted by molar-refractivity contribution is 0.601. The molecule has 22 heavy (non-hydrogen) atoms. The van der Waals surface area contributed by atoms with Crippen LogP contribution in [0.3, 0.4) is 0 Å². The zero-order valence-electron chi connectivity index (χ0n) is 12.4. The smallest absolute Gasteiger partial charge is 0.263 e. The van der Waals surface area contributed by atoms with Gasteiger partial charge in [-0.2, -0.15) is 0 Å². The van der Waals surface area contributed by atoms with Crippen LogP contribution in [0, 0.1) is 6.92 Å². The molecule has 0 atom stereocenters. The van der Waals surface area contributed by atoms with E-state index in [-0.39, 0.29) is 10.7 Å². The second kappa shape index (κ2) is 5.92. The SMILES string of the molecule is Cc1cccc(S(=O)(=O)Nc2cncc(N3CCCC3)n2)c1. The Morgan fingerprint density at radius 1 is 1.18 bits per heavy atom. The standard InChI is InChI=1S/C15H18N4O2S/c1-12-5-4-6-13(9-12)22(20,21)18-14-10-16-11-15(17-14)19-7-2-3-8-19/h4-6,9-11H,2-3,7-8H2,1H3,(H,17,18). The van der Waals surface area contributed by atoms with Gasteiger partial charge in [-0.3, -0.25) is 9.71 Å². The molecule has 116 valence electrons. The van der Waals surface area contributed by atoms with Crippen LogP contribution in [0.25, 0.3) is 0 Å². The first-order valence-electron chi connectivity index (χ1n) is 7.21. The molecule has 0 radical (unpaired) electrons. The highest BCUT2D eigenvalue weighted by Crippen LogP contribution is 2.20. The molecule has 0 spiro atoms. The second-order valence-corrected chi connectivity index (χ2v) is 7.06. The van der Waals surface area contributed by atoms with E-state index >= 15 is 0 Å². The molecule has 1 aliphatic rings. The molecule has 1 N–H and O–H groups in total. The van der Waals surface area contributed by atoms with Crippen molar-refractivity contribution in [1.82, 2.24) is 9.97 Å². The van der Waals surface area contributed by atoms with Gasteiger partial charge in [0.2, 0.25) is 0 Å². The number of nitrogens with one attached hydrogen (secondary N) is 1. The van der Waals surface area contributed by atoms with Gasteiger partial charge >= 0.3 is 0 Å². The minimum Gasteiger partial charge on any atom is -0.355 e. The summed E-state index contributed by atoms with van der Waals surface area (Å²) in [5.41, 5.74) is 0.889. The maximum Gasteiger partial charge on any atom is 0.263 e. The van der Waals surface area contributed by atoms with Gasteiger partial charge in [0.15, 0.2) is 5.82 Å². The molecule has 0 saturated carbocycles. The quantitative estimate of drug-likeness (QED) is 0.935. The third-order valence-electron chi connectivity index (χ3n) is 3.59. The van der Waals surface area contributed by atoms with Crippen molar-refractivity contribution in [1.29, 1.82) is 0 Å². The first-order chi connectivity index (χ1) is 10.5. The van der Waals surface area contributed by atoms with Crippen LogP contribution in [0.2, 0.25) is 0 Å². The van der Waals surface area contributed by atoms with E-state index in [1.165, 1.54) is 6.20 Å². The van der Waals surface area contributed by atoms with Crippen molar-refractivity contribution in [2.24, 2.45) is 0 Å². The van der Waals surface area contributed by atoms with Gasteiger partial charge < -0.3 is 4.90 Å². The fourth-order valence-corrected chi connectivity index (χ4v) is 3.57. The van der Waals surface area contributed by atoms with E-state index < -0.39 is 10.0 Å². The topological polar surface area (TPSA) is 75.2 Å². The minimum absolute atomic E-state index is 0.223. The highest BCUT2D eigenvalue weighted by Gasteiger charge is 2.18. The molecule has 1 aromatic heterocycles. The Morgan fingerprint density at radius 3 is 2.68 bits per heavy atom. The number of anilines is 2. The van der Waals surface area contributed by atoms with Gasteiger partial charge in [0.1, 0.15) is 5.82 Å². The molecule has 1 aromatic carbocycles. The van der Waals surface area contributed by atoms with Crippen molar-refractivity contribution in [3.05, 3.63) is 42.2 Å².